The number of hydrogen-bond donors (Lipinski definition) is 1. The molecule has 1 nitrogen and oxygen atoms in total. The summed E-state index contributed by atoms with van der Waals surface area (Å²) in [6.45, 7) is 8.68. The molecule has 1 aromatic carbocycles. The molecule has 90 valence electrons. The zero-order valence-corrected chi connectivity index (χ0v) is 11.1. The van der Waals surface area contributed by atoms with Gasteiger partial charge in [0, 0.05) is 5.54 Å². The molecule has 0 saturated heterocycles. The Bertz CT molecular complexity index is 318. The van der Waals surface area contributed by atoms with Crippen molar-refractivity contribution in [2.45, 2.75) is 58.4 Å². The van der Waals surface area contributed by atoms with Crippen LogP contribution in [0.1, 0.15) is 57.6 Å². The highest BCUT2D eigenvalue weighted by atomic mass is 14.7. The molecule has 0 fully saturated rings. The van der Waals surface area contributed by atoms with Crippen LogP contribution in [-0.4, -0.2) is 5.54 Å². The number of benzene rings is 1. The summed E-state index contributed by atoms with van der Waals surface area (Å²) in [7, 11) is 0. The van der Waals surface area contributed by atoms with Crippen LogP contribution in [0.4, 0.5) is 0 Å². The molecule has 2 N–H and O–H groups in total. The van der Waals surface area contributed by atoms with Crippen molar-refractivity contribution in [1.29, 1.82) is 0 Å². The van der Waals surface area contributed by atoms with E-state index in [1.54, 1.807) is 0 Å². The lowest BCUT2D eigenvalue weighted by atomic mass is 9.89. The maximum absolute atomic E-state index is 6.06. The number of rotatable bonds is 5. The average molecular weight is 219 g/mol. The molecule has 0 aliphatic carbocycles. The van der Waals surface area contributed by atoms with Crippen LogP contribution >= 0.6 is 0 Å². The van der Waals surface area contributed by atoms with Crippen LogP contribution in [0.3, 0.4) is 0 Å². The van der Waals surface area contributed by atoms with Gasteiger partial charge in [0.05, 0.1) is 0 Å². The van der Waals surface area contributed by atoms with Crippen molar-refractivity contribution in [2.75, 3.05) is 0 Å². The van der Waals surface area contributed by atoms with Gasteiger partial charge in [0.25, 0.3) is 0 Å². The first kappa shape index (κ1) is 13.2. The predicted octanol–water partition coefficient (Wildman–Crippen LogP) is 3.87. The van der Waals surface area contributed by atoms with Crippen LogP contribution in [0.15, 0.2) is 24.3 Å². The normalized spacial score (nSPS) is 12.1. The Balaban J connectivity index is 2.86. The van der Waals surface area contributed by atoms with E-state index in [0.717, 1.165) is 6.42 Å². The summed E-state index contributed by atoms with van der Waals surface area (Å²) in [6, 6.07) is 8.91. The molecule has 0 heterocycles. The molecule has 0 radical (unpaired) electrons. The third-order valence-electron chi connectivity index (χ3n) is 3.07. The third-order valence-corrected chi connectivity index (χ3v) is 3.07. The molecule has 0 aromatic heterocycles. The molecule has 0 bridgehead atoms. The van der Waals surface area contributed by atoms with Gasteiger partial charge < -0.3 is 5.73 Å². The van der Waals surface area contributed by atoms with Crippen LogP contribution in [-0.2, 0) is 6.42 Å². The molecule has 0 unspecified atom stereocenters. The quantitative estimate of drug-likeness (QED) is 0.799. The second-order valence-electron chi connectivity index (χ2n) is 5.42. The van der Waals surface area contributed by atoms with Gasteiger partial charge in [0.1, 0.15) is 0 Å². The summed E-state index contributed by atoms with van der Waals surface area (Å²) >= 11 is 0. The van der Waals surface area contributed by atoms with Crippen molar-refractivity contribution in [2.24, 2.45) is 5.73 Å². The van der Waals surface area contributed by atoms with E-state index in [-0.39, 0.29) is 5.54 Å². The summed E-state index contributed by atoms with van der Waals surface area (Å²) < 4.78 is 0. The standard InChI is InChI=1S/C15H25N/c1-5-13(6-2)14-9-7-8-12(10-14)11-15(3,4)16/h7-10,13H,5-6,11,16H2,1-4H3. The smallest absolute Gasteiger partial charge is 0.0138 e. The maximum Gasteiger partial charge on any atom is 0.0138 e. The van der Waals surface area contributed by atoms with Gasteiger partial charge in [-0.2, -0.15) is 0 Å². The summed E-state index contributed by atoms with van der Waals surface area (Å²) in [6.07, 6.45) is 3.37. The van der Waals surface area contributed by atoms with Crippen molar-refractivity contribution in [3.05, 3.63) is 35.4 Å². The van der Waals surface area contributed by atoms with Crippen LogP contribution in [0.2, 0.25) is 0 Å². The van der Waals surface area contributed by atoms with Gasteiger partial charge >= 0.3 is 0 Å². The van der Waals surface area contributed by atoms with E-state index >= 15 is 0 Å². The van der Waals surface area contributed by atoms with Crippen molar-refractivity contribution in [3.63, 3.8) is 0 Å². The summed E-state index contributed by atoms with van der Waals surface area (Å²) in [5.74, 6) is 0.695. The topological polar surface area (TPSA) is 26.0 Å². The van der Waals surface area contributed by atoms with E-state index in [1.165, 1.54) is 24.0 Å². The second kappa shape index (κ2) is 5.49. The van der Waals surface area contributed by atoms with Crippen LogP contribution in [0, 0.1) is 0 Å². The fourth-order valence-electron chi connectivity index (χ4n) is 2.24. The minimum Gasteiger partial charge on any atom is -0.325 e. The van der Waals surface area contributed by atoms with Crippen LogP contribution in [0.25, 0.3) is 0 Å². The third kappa shape index (κ3) is 3.97. The highest BCUT2D eigenvalue weighted by Gasteiger charge is 2.13. The Kier molecular flexibility index (Phi) is 4.55. The molecule has 1 heteroatoms. The molecular formula is C15H25N. The van der Waals surface area contributed by atoms with E-state index < -0.39 is 0 Å². The Morgan fingerprint density at radius 1 is 1.19 bits per heavy atom. The molecule has 0 saturated carbocycles. The molecule has 16 heavy (non-hydrogen) atoms. The van der Waals surface area contributed by atoms with E-state index in [2.05, 4.69) is 52.0 Å². The maximum atomic E-state index is 6.06. The van der Waals surface area contributed by atoms with E-state index in [9.17, 15) is 0 Å². The predicted molar refractivity (Wildman–Crippen MR) is 71.7 cm³/mol. The lowest BCUT2D eigenvalue weighted by Gasteiger charge is -2.20. The Morgan fingerprint density at radius 2 is 1.81 bits per heavy atom. The molecule has 1 rings (SSSR count). The monoisotopic (exact) mass is 219 g/mol. The van der Waals surface area contributed by atoms with Gasteiger partial charge in [-0.05, 0) is 50.2 Å². The minimum absolute atomic E-state index is 0.119. The second-order valence-corrected chi connectivity index (χ2v) is 5.42. The highest BCUT2D eigenvalue weighted by molar-refractivity contribution is 5.27. The number of nitrogens with two attached hydrogens (primary N) is 1. The summed E-state index contributed by atoms with van der Waals surface area (Å²) in [4.78, 5) is 0. The largest absolute Gasteiger partial charge is 0.325 e. The molecule has 0 aliphatic rings. The zero-order chi connectivity index (χ0) is 12.2. The lowest BCUT2D eigenvalue weighted by Crippen LogP contribution is -2.34. The summed E-state index contributed by atoms with van der Waals surface area (Å²) in [5, 5.41) is 0. The number of hydrogen-bond acceptors (Lipinski definition) is 1. The first-order valence-corrected chi connectivity index (χ1v) is 6.34. The van der Waals surface area contributed by atoms with Crippen LogP contribution < -0.4 is 5.73 Å². The Hall–Kier alpha value is -0.820. The summed E-state index contributed by atoms with van der Waals surface area (Å²) in [5.41, 5.74) is 8.76. The zero-order valence-electron chi connectivity index (χ0n) is 11.1. The molecular weight excluding hydrogens is 194 g/mol. The first-order chi connectivity index (χ1) is 7.46. The van der Waals surface area contributed by atoms with Gasteiger partial charge in [0.15, 0.2) is 0 Å². The minimum atomic E-state index is -0.119. The fraction of sp³-hybridized carbons (Fsp3) is 0.600. The molecule has 1 aromatic rings. The van der Waals surface area contributed by atoms with Crippen molar-refractivity contribution in [3.8, 4) is 0 Å². The highest BCUT2D eigenvalue weighted by Crippen LogP contribution is 2.24. The Morgan fingerprint density at radius 3 is 2.31 bits per heavy atom. The molecule has 0 aliphatic heterocycles. The van der Waals surface area contributed by atoms with E-state index in [0.29, 0.717) is 5.92 Å². The molecule has 0 spiro atoms. The van der Waals surface area contributed by atoms with Crippen molar-refractivity contribution in [1.82, 2.24) is 0 Å². The van der Waals surface area contributed by atoms with Gasteiger partial charge in [-0.1, -0.05) is 38.1 Å². The van der Waals surface area contributed by atoms with Crippen molar-refractivity contribution >= 4 is 0 Å². The van der Waals surface area contributed by atoms with Gasteiger partial charge in [-0.15, -0.1) is 0 Å². The average Bonchev–Trinajstić information content (AvgIpc) is 2.17. The lowest BCUT2D eigenvalue weighted by molar-refractivity contribution is 0.516. The van der Waals surface area contributed by atoms with Crippen LogP contribution in [0.5, 0.6) is 0 Å². The molecule has 0 amide bonds. The van der Waals surface area contributed by atoms with Gasteiger partial charge in [-0.25, -0.2) is 0 Å². The Labute approximate surface area is 100 Å². The van der Waals surface area contributed by atoms with Gasteiger partial charge in [-0.3, -0.25) is 0 Å². The molecule has 0 atom stereocenters. The fourth-order valence-corrected chi connectivity index (χ4v) is 2.24. The SMILES string of the molecule is CCC(CC)c1cccc(CC(C)(C)N)c1. The van der Waals surface area contributed by atoms with E-state index in [1.807, 2.05) is 0 Å². The first-order valence-electron chi connectivity index (χ1n) is 6.34. The van der Waals surface area contributed by atoms with Crippen molar-refractivity contribution < 1.29 is 0 Å². The van der Waals surface area contributed by atoms with Gasteiger partial charge in [0.2, 0.25) is 0 Å². The van der Waals surface area contributed by atoms with E-state index in [4.69, 9.17) is 5.73 Å².